The predicted molar refractivity (Wildman–Crippen MR) is 61.7 cm³/mol. The lowest BCUT2D eigenvalue weighted by molar-refractivity contribution is -0.200. The van der Waals surface area contributed by atoms with Gasteiger partial charge in [0.1, 0.15) is 12.2 Å². The van der Waals surface area contributed by atoms with Gasteiger partial charge in [-0.05, 0) is 19.8 Å². The van der Waals surface area contributed by atoms with Crippen LogP contribution in [0.3, 0.4) is 0 Å². The third-order valence-electron chi connectivity index (χ3n) is 4.32. The van der Waals surface area contributed by atoms with Crippen LogP contribution in [0.25, 0.3) is 0 Å². The molecule has 1 N–H and O–H groups in total. The molecule has 5 heteroatoms. The number of carbonyl (C=O) groups is 1. The van der Waals surface area contributed by atoms with Crippen LogP contribution in [0, 0.1) is 5.92 Å². The molecule has 0 aromatic rings. The van der Waals surface area contributed by atoms with Crippen LogP contribution in [0.4, 0.5) is 0 Å². The summed E-state index contributed by atoms with van der Waals surface area (Å²) in [5, 5.41) is 9.32. The molecule has 1 saturated carbocycles. The number of rotatable bonds is 1. The number of cyclic esters (lactones) is 1. The number of carbonyl (C=O) groups excluding carboxylic acids is 1. The van der Waals surface area contributed by atoms with E-state index in [4.69, 9.17) is 14.2 Å². The average Bonchev–Trinajstić information content (AvgIpc) is 2.74. The summed E-state index contributed by atoms with van der Waals surface area (Å²) in [6.07, 6.45) is 3.96. The Morgan fingerprint density at radius 2 is 1.89 bits per heavy atom. The molecule has 2 saturated heterocycles. The number of aliphatic hydroxyl groups is 1. The molecule has 1 spiro atoms. The molecule has 0 bridgehead atoms. The van der Waals surface area contributed by atoms with E-state index in [9.17, 15) is 9.90 Å². The first kappa shape index (κ1) is 12.4. The minimum Gasteiger partial charge on any atom is -0.457 e. The first-order chi connectivity index (χ1) is 8.65. The van der Waals surface area contributed by atoms with Crippen molar-refractivity contribution in [3.63, 3.8) is 0 Å². The van der Waals surface area contributed by atoms with Crippen molar-refractivity contribution in [3.05, 3.63) is 0 Å². The Kier molecular flexibility index (Phi) is 3.08. The van der Waals surface area contributed by atoms with Gasteiger partial charge in [-0.3, -0.25) is 4.79 Å². The second kappa shape index (κ2) is 4.47. The minimum absolute atomic E-state index is 0.209. The third-order valence-corrected chi connectivity index (χ3v) is 4.32. The zero-order valence-corrected chi connectivity index (χ0v) is 10.6. The molecule has 3 fully saturated rings. The van der Waals surface area contributed by atoms with Crippen LogP contribution in [0.5, 0.6) is 0 Å². The normalized spacial score (nSPS) is 42.7. The maximum atomic E-state index is 11.7. The van der Waals surface area contributed by atoms with Crippen LogP contribution >= 0.6 is 0 Å². The molecule has 0 aromatic heterocycles. The van der Waals surface area contributed by atoms with Gasteiger partial charge in [0.05, 0.1) is 12.5 Å². The minimum atomic E-state index is -0.583. The Labute approximate surface area is 106 Å². The van der Waals surface area contributed by atoms with E-state index in [2.05, 4.69) is 0 Å². The lowest BCUT2D eigenvalue weighted by atomic mass is 9.93. The van der Waals surface area contributed by atoms with Gasteiger partial charge in [0.2, 0.25) is 0 Å². The molecule has 1 unspecified atom stereocenters. The van der Waals surface area contributed by atoms with Crippen molar-refractivity contribution in [1.82, 2.24) is 0 Å². The van der Waals surface area contributed by atoms with Gasteiger partial charge in [-0.2, -0.15) is 0 Å². The lowest BCUT2D eigenvalue weighted by Crippen LogP contribution is -2.51. The summed E-state index contributed by atoms with van der Waals surface area (Å²) < 4.78 is 17.3. The molecular formula is C13H20O5. The molecule has 1 aliphatic carbocycles. The van der Waals surface area contributed by atoms with Crippen molar-refractivity contribution in [2.45, 2.75) is 63.1 Å². The first-order valence-corrected chi connectivity index (χ1v) is 6.82. The van der Waals surface area contributed by atoms with E-state index in [0.717, 1.165) is 25.7 Å². The second-order valence-electron chi connectivity index (χ2n) is 5.58. The summed E-state index contributed by atoms with van der Waals surface area (Å²) in [5.74, 6) is -1.16. The molecule has 2 heterocycles. The highest BCUT2D eigenvalue weighted by atomic mass is 16.8. The van der Waals surface area contributed by atoms with Gasteiger partial charge in [0.15, 0.2) is 11.9 Å². The second-order valence-corrected chi connectivity index (χ2v) is 5.58. The molecule has 0 radical (unpaired) electrons. The molecular weight excluding hydrogens is 236 g/mol. The molecule has 18 heavy (non-hydrogen) atoms. The topological polar surface area (TPSA) is 65.0 Å². The highest BCUT2D eigenvalue weighted by Gasteiger charge is 2.56. The van der Waals surface area contributed by atoms with Crippen LogP contribution in [-0.4, -0.2) is 41.8 Å². The van der Waals surface area contributed by atoms with Crippen LogP contribution in [0.2, 0.25) is 0 Å². The Hall–Kier alpha value is -0.650. The van der Waals surface area contributed by atoms with E-state index in [1.54, 1.807) is 6.92 Å². The quantitative estimate of drug-likeness (QED) is 0.709. The molecule has 2 aliphatic heterocycles. The van der Waals surface area contributed by atoms with Crippen molar-refractivity contribution in [1.29, 1.82) is 0 Å². The highest BCUT2D eigenvalue weighted by Crippen LogP contribution is 2.45. The number of aliphatic hydroxyl groups excluding tert-OH is 1. The zero-order chi connectivity index (χ0) is 12.8. The fraction of sp³-hybridized carbons (Fsp3) is 0.923. The van der Waals surface area contributed by atoms with Gasteiger partial charge in [-0.15, -0.1) is 0 Å². The van der Waals surface area contributed by atoms with Gasteiger partial charge in [-0.25, -0.2) is 0 Å². The number of hydrogen-bond donors (Lipinski definition) is 1. The van der Waals surface area contributed by atoms with Crippen molar-refractivity contribution in [3.8, 4) is 0 Å². The van der Waals surface area contributed by atoms with Crippen molar-refractivity contribution >= 4 is 5.97 Å². The van der Waals surface area contributed by atoms with Gasteiger partial charge in [-0.1, -0.05) is 6.42 Å². The van der Waals surface area contributed by atoms with Crippen LogP contribution in [0.1, 0.15) is 39.0 Å². The summed E-state index contributed by atoms with van der Waals surface area (Å²) in [5.41, 5.74) is 0. The van der Waals surface area contributed by atoms with Crippen LogP contribution < -0.4 is 0 Å². The highest BCUT2D eigenvalue weighted by molar-refractivity contribution is 5.74. The number of ether oxygens (including phenoxy) is 3. The fourth-order valence-corrected chi connectivity index (χ4v) is 3.26. The third kappa shape index (κ3) is 1.85. The Balaban J connectivity index is 1.82. The molecule has 5 nitrogen and oxygen atoms in total. The number of hydrogen-bond acceptors (Lipinski definition) is 5. The smallest absolute Gasteiger partial charge is 0.311 e. The maximum absolute atomic E-state index is 11.7. The maximum Gasteiger partial charge on any atom is 0.311 e. The summed E-state index contributed by atoms with van der Waals surface area (Å²) in [4.78, 5) is 11.7. The van der Waals surface area contributed by atoms with E-state index in [-0.39, 0.29) is 30.7 Å². The van der Waals surface area contributed by atoms with Gasteiger partial charge < -0.3 is 19.3 Å². The molecule has 3 rings (SSSR count). The standard InChI is InChI=1S/C13H20O5/c1-8-10-11(9(7-14)16-12(8)15)18-13(17-10)5-3-2-4-6-13/h8-11,14H,2-7H2,1H3/t8?,9-,10+,11-/m1/s1. The van der Waals surface area contributed by atoms with Gasteiger partial charge in [0, 0.05) is 12.8 Å². The molecule has 4 atom stereocenters. The summed E-state index contributed by atoms with van der Waals surface area (Å²) >= 11 is 0. The van der Waals surface area contributed by atoms with E-state index in [1.807, 2.05) is 0 Å². The van der Waals surface area contributed by atoms with Crippen molar-refractivity contribution < 1.29 is 24.1 Å². The SMILES string of the molecule is CC1C(=O)O[C@H](CO)[C@H]2OC3(CCCCC3)O[C@@H]12. The van der Waals surface area contributed by atoms with Gasteiger partial charge >= 0.3 is 5.97 Å². The first-order valence-electron chi connectivity index (χ1n) is 6.82. The van der Waals surface area contributed by atoms with Crippen LogP contribution in [0.15, 0.2) is 0 Å². The number of esters is 1. The Morgan fingerprint density at radius 1 is 1.22 bits per heavy atom. The number of fused-ring (bicyclic) bond motifs is 1. The molecule has 0 aromatic carbocycles. The van der Waals surface area contributed by atoms with E-state index >= 15 is 0 Å². The van der Waals surface area contributed by atoms with E-state index < -0.39 is 11.9 Å². The summed E-state index contributed by atoms with van der Waals surface area (Å²) in [7, 11) is 0. The van der Waals surface area contributed by atoms with E-state index in [0.29, 0.717) is 0 Å². The Morgan fingerprint density at radius 3 is 2.56 bits per heavy atom. The average molecular weight is 256 g/mol. The molecule has 3 aliphatic rings. The predicted octanol–water partition coefficient (Wildman–Crippen LogP) is 0.985. The Bertz CT molecular complexity index is 336. The molecule has 102 valence electrons. The van der Waals surface area contributed by atoms with Crippen molar-refractivity contribution in [2.24, 2.45) is 5.92 Å². The largest absolute Gasteiger partial charge is 0.457 e. The zero-order valence-electron chi connectivity index (χ0n) is 10.6. The monoisotopic (exact) mass is 256 g/mol. The molecule has 0 amide bonds. The van der Waals surface area contributed by atoms with Crippen molar-refractivity contribution in [2.75, 3.05) is 6.61 Å². The van der Waals surface area contributed by atoms with Crippen LogP contribution in [-0.2, 0) is 19.0 Å². The summed E-state index contributed by atoms with van der Waals surface area (Å²) in [6.45, 7) is 1.60. The van der Waals surface area contributed by atoms with E-state index in [1.165, 1.54) is 6.42 Å². The summed E-state index contributed by atoms with van der Waals surface area (Å²) in [6, 6.07) is 0. The lowest BCUT2D eigenvalue weighted by Gasteiger charge is -2.33. The fourth-order valence-electron chi connectivity index (χ4n) is 3.26. The van der Waals surface area contributed by atoms with Gasteiger partial charge in [0.25, 0.3) is 0 Å².